The molecule has 0 aromatic heterocycles. The van der Waals surface area contributed by atoms with Gasteiger partial charge in [0.1, 0.15) is 0 Å². The van der Waals surface area contributed by atoms with Gasteiger partial charge < -0.3 is 8.85 Å². The molecular formula is C16H34O2Si. The van der Waals surface area contributed by atoms with E-state index in [0.717, 1.165) is 19.4 Å². The minimum atomic E-state index is -2.14. The van der Waals surface area contributed by atoms with E-state index in [1.54, 1.807) is 0 Å². The van der Waals surface area contributed by atoms with E-state index >= 15 is 0 Å². The van der Waals surface area contributed by atoms with E-state index in [1.807, 2.05) is 5.70 Å². The molecular weight excluding hydrogens is 252 g/mol. The Morgan fingerprint density at radius 3 is 2.26 bits per heavy atom. The van der Waals surface area contributed by atoms with Gasteiger partial charge >= 0.3 is 8.56 Å². The molecule has 114 valence electrons. The molecule has 0 fully saturated rings. The lowest BCUT2D eigenvalue weighted by Gasteiger charge is -2.27. The molecule has 0 aliphatic carbocycles. The molecule has 2 unspecified atom stereocenters. The number of hydrogen-bond acceptors (Lipinski definition) is 2. The second-order valence-corrected chi connectivity index (χ2v) is 8.52. The largest absolute Gasteiger partial charge is 0.391 e. The zero-order valence-electron chi connectivity index (χ0n) is 13.5. The quantitative estimate of drug-likeness (QED) is 0.335. The van der Waals surface area contributed by atoms with Crippen molar-refractivity contribution in [2.24, 2.45) is 0 Å². The Bertz CT molecular complexity index is 221. The SMILES string of the molecule is C=C[Si](C)(OCCCCC)OC(C)CCCCCC. The Balaban J connectivity index is 3.89. The van der Waals surface area contributed by atoms with Gasteiger partial charge in [0.05, 0.1) is 0 Å². The third kappa shape index (κ3) is 10.3. The summed E-state index contributed by atoms with van der Waals surface area (Å²) in [5.74, 6) is 0. The van der Waals surface area contributed by atoms with Crippen molar-refractivity contribution >= 4 is 8.56 Å². The average molecular weight is 287 g/mol. The normalized spacial score (nSPS) is 16.0. The van der Waals surface area contributed by atoms with Gasteiger partial charge in [0.15, 0.2) is 0 Å². The number of hydrogen-bond donors (Lipinski definition) is 0. The minimum Gasteiger partial charge on any atom is -0.391 e. The van der Waals surface area contributed by atoms with Crippen LogP contribution < -0.4 is 0 Å². The zero-order valence-corrected chi connectivity index (χ0v) is 14.5. The zero-order chi connectivity index (χ0) is 14.6. The summed E-state index contributed by atoms with van der Waals surface area (Å²) in [5.41, 5.74) is 1.92. The Hall–Kier alpha value is -0.123. The summed E-state index contributed by atoms with van der Waals surface area (Å²) in [7, 11) is -2.14. The fourth-order valence-electron chi connectivity index (χ4n) is 2.08. The molecule has 0 spiro atoms. The van der Waals surface area contributed by atoms with Crippen molar-refractivity contribution in [3.8, 4) is 0 Å². The van der Waals surface area contributed by atoms with Gasteiger partial charge in [0.25, 0.3) is 0 Å². The Kier molecular flexibility index (Phi) is 11.6. The summed E-state index contributed by atoms with van der Waals surface area (Å²) in [6, 6.07) is 0. The highest BCUT2D eigenvalue weighted by Gasteiger charge is 2.29. The van der Waals surface area contributed by atoms with Crippen LogP contribution in [0.1, 0.15) is 72.1 Å². The van der Waals surface area contributed by atoms with Crippen molar-refractivity contribution in [3.63, 3.8) is 0 Å². The molecule has 2 nitrogen and oxygen atoms in total. The first-order chi connectivity index (χ1) is 9.08. The van der Waals surface area contributed by atoms with Crippen LogP contribution >= 0.6 is 0 Å². The Labute approximate surface area is 121 Å². The summed E-state index contributed by atoms with van der Waals surface area (Å²) in [5, 5.41) is 0. The molecule has 0 aromatic carbocycles. The molecule has 0 aromatic rings. The van der Waals surface area contributed by atoms with E-state index < -0.39 is 8.56 Å². The predicted molar refractivity (Wildman–Crippen MR) is 86.6 cm³/mol. The lowest BCUT2D eigenvalue weighted by molar-refractivity contribution is 0.126. The van der Waals surface area contributed by atoms with Crippen molar-refractivity contribution in [2.45, 2.75) is 84.8 Å². The molecule has 0 bridgehead atoms. The van der Waals surface area contributed by atoms with Crippen LogP contribution in [-0.2, 0) is 8.85 Å². The van der Waals surface area contributed by atoms with Gasteiger partial charge in [-0.25, -0.2) is 0 Å². The smallest absolute Gasteiger partial charge is 0.361 e. The van der Waals surface area contributed by atoms with E-state index in [2.05, 4.69) is 33.9 Å². The van der Waals surface area contributed by atoms with Crippen LogP contribution in [0.25, 0.3) is 0 Å². The molecule has 0 amide bonds. The number of rotatable bonds is 13. The lowest BCUT2D eigenvalue weighted by atomic mass is 10.1. The summed E-state index contributed by atoms with van der Waals surface area (Å²) >= 11 is 0. The van der Waals surface area contributed by atoms with Crippen LogP contribution in [0, 0.1) is 0 Å². The van der Waals surface area contributed by atoms with E-state index in [9.17, 15) is 0 Å². The van der Waals surface area contributed by atoms with Crippen molar-refractivity contribution in [2.75, 3.05) is 6.61 Å². The molecule has 2 atom stereocenters. The van der Waals surface area contributed by atoms with Crippen LogP contribution in [0.15, 0.2) is 12.3 Å². The van der Waals surface area contributed by atoms with Gasteiger partial charge in [-0.1, -0.05) is 52.4 Å². The fourth-order valence-corrected chi connectivity index (χ4v) is 3.83. The van der Waals surface area contributed by atoms with Crippen LogP contribution in [0.2, 0.25) is 6.55 Å². The topological polar surface area (TPSA) is 18.5 Å². The second-order valence-electron chi connectivity index (χ2n) is 5.55. The summed E-state index contributed by atoms with van der Waals surface area (Å²) in [6.45, 7) is 13.4. The highest BCUT2D eigenvalue weighted by Crippen LogP contribution is 2.16. The Morgan fingerprint density at radius 2 is 1.68 bits per heavy atom. The summed E-state index contributed by atoms with van der Waals surface area (Å²) in [6.07, 6.45) is 10.2. The Morgan fingerprint density at radius 1 is 1.05 bits per heavy atom. The average Bonchev–Trinajstić information content (AvgIpc) is 2.40. The van der Waals surface area contributed by atoms with Gasteiger partial charge in [-0.05, 0) is 32.0 Å². The minimum absolute atomic E-state index is 0.290. The molecule has 0 saturated carbocycles. The van der Waals surface area contributed by atoms with Gasteiger partial charge in [-0.2, -0.15) is 0 Å². The maximum atomic E-state index is 6.15. The summed E-state index contributed by atoms with van der Waals surface area (Å²) < 4.78 is 12.1. The molecule has 0 aliphatic heterocycles. The summed E-state index contributed by atoms with van der Waals surface area (Å²) in [4.78, 5) is 0. The predicted octanol–water partition coefficient (Wildman–Crippen LogP) is 5.37. The van der Waals surface area contributed by atoms with Crippen molar-refractivity contribution in [1.29, 1.82) is 0 Å². The van der Waals surface area contributed by atoms with Gasteiger partial charge in [-0.3, -0.25) is 0 Å². The molecule has 0 N–H and O–H groups in total. The fraction of sp³-hybridized carbons (Fsp3) is 0.875. The van der Waals surface area contributed by atoms with Crippen molar-refractivity contribution in [3.05, 3.63) is 12.3 Å². The van der Waals surface area contributed by atoms with Gasteiger partial charge in [-0.15, -0.1) is 6.58 Å². The van der Waals surface area contributed by atoms with E-state index in [1.165, 1.54) is 38.5 Å². The van der Waals surface area contributed by atoms with E-state index in [0.29, 0.717) is 0 Å². The second kappa shape index (κ2) is 11.7. The van der Waals surface area contributed by atoms with Crippen molar-refractivity contribution in [1.82, 2.24) is 0 Å². The van der Waals surface area contributed by atoms with Crippen LogP contribution in [0.3, 0.4) is 0 Å². The first-order valence-electron chi connectivity index (χ1n) is 8.03. The number of unbranched alkanes of at least 4 members (excludes halogenated alkanes) is 5. The third-order valence-electron chi connectivity index (χ3n) is 3.41. The molecule has 19 heavy (non-hydrogen) atoms. The molecule has 0 heterocycles. The van der Waals surface area contributed by atoms with Gasteiger partial charge in [0.2, 0.25) is 0 Å². The lowest BCUT2D eigenvalue weighted by Crippen LogP contribution is -2.40. The first-order valence-corrected chi connectivity index (χ1v) is 10.4. The highest BCUT2D eigenvalue weighted by molar-refractivity contribution is 6.71. The van der Waals surface area contributed by atoms with Crippen LogP contribution in [0.4, 0.5) is 0 Å². The van der Waals surface area contributed by atoms with Crippen LogP contribution in [0.5, 0.6) is 0 Å². The first kappa shape index (κ1) is 18.9. The molecule has 0 saturated heterocycles. The van der Waals surface area contributed by atoms with E-state index in [-0.39, 0.29) is 6.10 Å². The molecule has 0 aliphatic rings. The molecule has 3 heteroatoms. The third-order valence-corrected chi connectivity index (χ3v) is 5.80. The molecule has 0 rings (SSSR count). The monoisotopic (exact) mass is 286 g/mol. The van der Waals surface area contributed by atoms with E-state index in [4.69, 9.17) is 8.85 Å². The standard InChI is InChI=1S/C16H34O2Si/c1-6-9-11-12-14-16(4)18-19(5,8-3)17-15-13-10-7-2/h8,16H,3,6-7,9-15H2,1-2,4-5H3. The van der Waals surface area contributed by atoms with Crippen LogP contribution in [-0.4, -0.2) is 21.3 Å². The maximum Gasteiger partial charge on any atom is 0.361 e. The molecule has 0 radical (unpaired) electrons. The maximum absolute atomic E-state index is 6.15. The highest BCUT2D eigenvalue weighted by atomic mass is 28.4. The van der Waals surface area contributed by atoms with Crippen molar-refractivity contribution < 1.29 is 8.85 Å². The van der Waals surface area contributed by atoms with Gasteiger partial charge in [0, 0.05) is 12.7 Å².